The van der Waals surface area contributed by atoms with Crippen LogP contribution in [0.1, 0.15) is 22.3 Å². The molecule has 0 spiro atoms. The highest BCUT2D eigenvalue weighted by molar-refractivity contribution is 6.09. The van der Waals surface area contributed by atoms with Crippen LogP contribution in [0.5, 0.6) is 0 Å². The van der Waals surface area contributed by atoms with Crippen LogP contribution in [0.4, 0.5) is 0 Å². The molecule has 0 bridgehead atoms. The van der Waals surface area contributed by atoms with Crippen molar-refractivity contribution < 1.29 is 0 Å². The fourth-order valence-electron chi connectivity index (χ4n) is 2.57. The minimum absolute atomic E-state index is 1.03. The van der Waals surface area contributed by atoms with Crippen molar-refractivity contribution in [3.05, 3.63) is 90.6 Å². The second-order valence-electron chi connectivity index (χ2n) is 4.53. The van der Waals surface area contributed by atoms with E-state index >= 15 is 0 Å². The van der Waals surface area contributed by atoms with Gasteiger partial charge < -0.3 is 0 Å². The van der Waals surface area contributed by atoms with Crippen LogP contribution < -0.4 is 0 Å². The maximum atomic E-state index is 4.21. The molecule has 0 amide bonds. The molecule has 0 heteroatoms. The number of rotatable bonds is 3. The largest absolute Gasteiger partial charge is 0.0990 e. The van der Waals surface area contributed by atoms with Crippen LogP contribution in [0.15, 0.2) is 68.3 Å². The van der Waals surface area contributed by atoms with E-state index < -0.39 is 0 Å². The molecule has 0 atom stereocenters. The Morgan fingerprint density at radius 1 is 0.947 bits per heavy atom. The van der Waals surface area contributed by atoms with Gasteiger partial charge in [-0.3, -0.25) is 0 Å². The Labute approximate surface area is 115 Å². The summed E-state index contributed by atoms with van der Waals surface area (Å²) in [7, 11) is 0. The minimum atomic E-state index is 1.03. The quantitative estimate of drug-likeness (QED) is 0.674. The Kier molecular flexibility index (Phi) is 3.52. The van der Waals surface area contributed by atoms with Gasteiger partial charge in [-0.25, -0.2) is 0 Å². The molecule has 0 saturated carbocycles. The lowest BCUT2D eigenvalue weighted by molar-refractivity contribution is 1.42. The summed E-state index contributed by atoms with van der Waals surface area (Å²) in [6.07, 6.45) is 9.54. The van der Waals surface area contributed by atoms with Crippen LogP contribution in [0.25, 0.3) is 17.2 Å². The molecule has 1 aliphatic rings. The number of fused-ring (bicyclic) bond motifs is 1. The summed E-state index contributed by atoms with van der Waals surface area (Å²) in [5.41, 5.74) is 8.04. The van der Waals surface area contributed by atoms with E-state index in [1.54, 1.807) is 6.08 Å². The van der Waals surface area contributed by atoms with E-state index in [9.17, 15) is 0 Å². The third-order valence-electron chi connectivity index (χ3n) is 3.45. The van der Waals surface area contributed by atoms with Crippen LogP contribution in [-0.4, -0.2) is 0 Å². The number of hydrogen-bond donors (Lipinski definition) is 0. The summed E-state index contributed by atoms with van der Waals surface area (Å²) < 4.78 is 0. The average Bonchev–Trinajstić information content (AvgIpc) is 2.65. The summed E-state index contributed by atoms with van der Waals surface area (Å²) in [6.45, 7) is 17.8. The normalized spacial score (nSPS) is 17.6. The molecule has 1 aromatic carbocycles. The fourth-order valence-corrected chi connectivity index (χ4v) is 2.57. The maximum absolute atomic E-state index is 4.21. The minimum Gasteiger partial charge on any atom is -0.0990 e. The molecular formula is C19H18. The van der Waals surface area contributed by atoms with Crippen molar-refractivity contribution in [3.8, 4) is 0 Å². The zero-order valence-electron chi connectivity index (χ0n) is 11.4. The van der Waals surface area contributed by atoms with Gasteiger partial charge in [-0.05, 0) is 45.9 Å². The lowest BCUT2D eigenvalue weighted by Crippen LogP contribution is -1.90. The van der Waals surface area contributed by atoms with Gasteiger partial charge in [0.2, 0.25) is 0 Å². The van der Waals surface area contributed by atoms with E-state index in [0.717, 1.165) is 16.7 Å². The lowest BCUT2D eigenvalue weighted by Gasteiger charge is -2.09. The van der Waals surface area contributed by atoms with Gasteiger partial charge >= 0.3 is 0 Å². The van der Waals surface area contributed by atoms with Gasteiger partial charge in [-0.15, -0.1) is 0 Å². The van der Waals surface area contributed by atoms with Crippen molar-refractivity contribution in [2.75, 3.05) is 0 Å². The summed E-state index contributed by atoms with van der Waals surface area (Å²) >= 11 is 0. The topological polar surface area (TPSA) is 0 Å². The highest BCUT2D eigenvalue weighted by Crippen LogP contribution is 2.46. The van der Waals surface area contributed by atoms with Gasteiger partial charge in [0.05, 0.1) is 0 Å². The molecule has 0 aromatic heterocycles. The Morgan fingerprint density at radius 2 is 1.58 bits per heavy atom. The van der Waals surface area contributed by atoms with E-state index in [4.69, 9.17) is 0 Å². The molecule has 1 aliphatic carbocycles. The summed E-state index contributed by atoms with van der Waals surface area (Å²) in [4.78, 5) is 0. The maximum Gasteiger partial charge on any atom is -0.00242 e. The standard InChI is InChI=1S/C19H18/c1-6-9-16-14(5)17-12-11-13(4)15(8-3)19(17)18(16)10-7-2/h6-12H,1-3,5H2,4H3/b16-9+,18-10-. The molecule has 94 valence electrons. The van der Waals surface area contributed by atoms with E-state index in [1.807, 2.05) is 24.3 Å². The summed E-state index contributed by atoms with van der Waals surface area (Å²) in [5.74, 6) is 0. The van der Waals surface area contributed by atoms with Crippen molar-refractivity contribution in [2.45, 2.75) is 6.92 Å². The molecular weight excluding hydrogens is 228 g/mol. The first-order valence-corrected chi connectivity index (χ1v) is 6.27. The fraction of sp³-hybridized carbons (Fsp3) is 0.0526. The molecule has 0 saturated heterocycles. The first-order chi connectivity index (χ1) is 9.15. The lowest BCUT2D eigenvalue weighted by atomic mass is 9.95. The molecule has 1 aromatic rings. The van der Waals surface area contributed by atoms with E-state index in [0.29, 0.717) is 0 Å². The molecule has 0 radical (unpaired) electrons. The Hall–Kier alpha value is -2.34. The number of benzene rings is 1. The van der Waals surface area contributed by atoms with Crippen LogP contribution >= 0.6 is 0 Å². The molecule has 0 nitrogen and oxygen atoms in total. The average molecular weight is 246 g/mol. The number of hydrogen-bond acceptors (Lipinski definition) is 0. The first-order valence-electron chi connectivity index (χ1n) is 6.27. The van der Waals surface area contributed by atoms with E-state index in [-0.39, 0.29) is 0 Å². The van der Waals surface area contributed by atoms with E-state index in [1.165, 1.54) is 22.3 Å². The van der Waals surface area contributed by atoms with Crippen molar-refractivity contribution >= 4 is 17.2 Å². The Morgan fingerprint density at radius 3 is 2.16 bits per heavy atom. The number of allylic oxidation sites excluding steroid dienone is 7. The van der Waals surface area contributed by atoms with Gasteiger partial charge in [0.15, 0.2) is 0 Å². The zero-order chi connectivity index (χ0) is 14.0. The molecule has 0 unspecified atom stereocenters. The highest BCUT2D eigenvalue weighted by atomic mass is 14.3. The molecule has 0 aliphatic heterocycles. The van der Waals surface area contributed by atoms with Crippen molar-refractivity contribution in [2.24, 2.45) is 0 Å². The predicted octanol–water partition coefficient (Wildman–Crippen LogP) is 5.35. The van der Waals surface area contributed by atoms with Crippen LogP contribution in [-0.2, 0) is 0 Å². The van der Waals surface area contributed by atoms with Gasteiger partial charge in [0, 0.05) is 0 Å². The zero-order valence-corrected chi connectivity index (χ0v) is 11.4. The second-order valence-corrected chi connectivity index (χ2v) is 4.53. The smallest absolute Gasteiger partial charge is 0.00242 e. The molecule has 19 heavy (non-hydrogen) atoms. The highest BCUT2D eigenvalue weighted by Gasteiger charge is 2.26. The van der Waals surface area contributed by atoms with Crippen molar-refractivity contribution in [1.29, 1.82) is 0 Å². The van der Waals surface area contributed by atoms with Crippen LogP contribution in [0.2, 0.25) is 0 Å². The monoisotopic (exact) mass is 246 g/mol. The van der Waals surface area contributed by atoms with Crippen molar-refractivity contribution in [1.82, 2.24) is 0 Å². The molecule has 0 N–H and O–H groups in total. The van der Waals surface area contributed by atoms with Crippen LogP contribution in [0, 0.1) is 6.92 Å². The Bertz CT molecular complexity index is 649. The third-order valence-corrected chi connectivity index (χ3v) is 3.45. The van der Waals surface area contributed by atoms with Gasteiger partial charge in [-0.2, -0.15) is 0 Å². The van der Waals surface area contributed by atoms with Crippen molar-refractivity contribution in [3.63, 3.8) is 0 Å². The molecule has 0 fully saturated rings. The van der Waals surface area contributed by atoms with Crippen LogP contribution in [0.3, 0.4) is 0 Å². The first kappa shape index (κ1) is 13.1. The summed E-state index contributed by atoms with van der Waals surface area (Å²) in [6, 6.07) is 4.24. The van der Waals surface area contributed by atoms with Gasteiger partial charge in [0.1, 0.15) is 0 Å². The van der Waals surface area contributed by atoms with E-state index in [2.05, 4.69) is 45.4 Å². The van der Waals surface area contributed by atoms with Gasteiger partial charge in [-0.1, -0.05) is 68.8 Å². The number of aryl methyl sites for hydroxylation is 1. The Balaban J connectivity index is 2.86. The predicted molar refractivity (Wildman–Crippen MR) is 86.8 cm³/mol. The summed E-state index contributed by atoms with van der Waals surface area (Å²) in [5, 5.41) is 0. The SMILES string of the molecule is C=C/C=C1/C(=C/C=C)C(=C)c2ccc(C)c(C=C)c21. The second kappa shape index (κ2) is 5.11. The molecule has 0 heterocycles. The third kappa shape index (κ3) is 1.96. The van der Waals surface area contributed by atoms with Gasteiger partial charge in [0.25, 0.3) is 0 Å². The molecule has 2 rings (SSSR count).